The molecule has 8 heteroatoms. The summed E-state index contributed by atoms with van der Waals surface area (Å²) in [6.45, 7) is 1.44. The Labute approximate surface area is 108 Å². The van der Waals surface area contributed by atoms with Crippen molar-refractivity contribution in [3.05, 3.63) is 22.2 Å². The maximum atomic E-state index is 10.8. The van der Waals surface area contributed by atoms with Crippen LogP contribution in [0.3, 0.4) is 0 Å². The van der Waals surface area contributed by atoms with Crippen molar-refractivity contribution in [3.63, 3.8) is 0 Å². The number of unbranched alkanes of at least 4 members (excludes halogenated alkanes) is 1. The van der Waals surface area contributed by atoms with Crippen LogP contribution in [0.4, 0.5) is 11.4 Å². The van der Waals surface area contributed by atoms with E-state index in [9.17, 15) is 10.1 Å². The number of nitrogens with zero attached hydrogens (tertiary/aromatic N) is 3. The summed E-state index contributed by atoms with van der Waals surface area (Å²) in [6.07, 6.45) is 1.87. The second kappa shape index (κ2) is 6.10. The first-order chi connectivity index (χ1) is 9.24. The molecule has 1 N–H and O–H groups in total. The van der Waals surface area contributed by atoms with E-state index in [2.05, 4.69) is 20.3 Å². The lowest BCUT2D eigenvalue weighted by Crippen LogP contribution is -2.04. The maximum absolute atomic E-state index is 10.8. The first-order valence-electron chi connectivity index (χ1n) is 5.86. The van der Waals surface area contributed by atoms with Crippen molar-refractivity contribution in [2.24, 2.45) is 0 Å². The number of hydrogen-bond acceptors (Lipinski definition) is 7. The number of non-ortho nitro benzene ring substituents is 1. The standard InChI is InChI=1S/C11H14N4O4/c1-18-7-3-2-6-12-8-4-5-9(15(16)17)11-10(8)13-19-14-11/h4-5,12H,2-3,6-7H2,1H3. The predicted molar refractivity (Wildman–Crippen MR) is 68.1 cm³/mol. The highest BCUT2D eigenvalue weighted by molar-refractivity contribution is 5.93. The molecule has 0 amide bonds. The van der Waals surface area contributed by atoms with Gasteiger partial charge in [-0.3, -0.25) is 10.1 Å². The number of nitro benzene ring substituents is 1. The Balaban J connectivity index is 2.10. The monoisotopic (exact) mass is 266 g/mol. The van der Waals surface area contributed by atoms with Gasteiger partial charge in [-0.1, -0.05) is 0 Å². The summed E-state index contributed by atoms with van der Waals surface area (Å²) in [4.78, 5) is 10.3. The van der Waals surface area contributed by atoms with Crippen LogP contribution in [0.25, 0.3) is 11.0 Å². The number of anilines is 1. The number of nitrogens with one attached hydrogen (secondary N) is 1. The third-order valence-corrected chi connectivity index (χ3v) is 2.68. The molecule has 1 heterocycles. The molecule has 2 aromatic rings. The molecule has 0 spiro atoms. The fourth-order valence-electron chi connectivity index (χ4n) is 1.74. The van der Waals surface area contributed by atoms with E-state index in [-0.39, 0.29) is 11.2 Å². The van der Waals surface area contributed by atoms with E-state index >= 15 is 0 Å². The van der Waals surface area contributed by atoms with Gasteiger partial charge >= 0.3 is 5.69 Å². The van der Waals surface area contributed by atoms with Gasteiger partial charge in [-0.05, 0) is 29.2 Å². The highest BCUT2D eigenvalue weighted by Gasteiger charge is 2.19. The first-order valence-corrected chi connectivity index (χ1v) is 5.86. The SMILES string of the molecule is COCCCCNc1ccc([N+](=O)[O-])c2nonc12. The van der Waals surface area contributed by atoms with Crippen LogP contribution in [0.2, 0.25) is 0 Å². The Morgan fingerprint density at radius 1 is 1.37 bits per heavy atom. The fraction of sp³-hybridized carbons (Fsp3) is 0.455. The van der Waals surface area contributed by atoms with Crippen LogP contribution in [0, 0.1) is 10.1 Å². The Kier molecular flexibility index (Phi) is 4.24. The van der Waals surface area contributed by atoms with E-state index < -0.39 is 4.92 Å². The molecule has 19 heavy (non-hydrogen) atoms. The highest BCUT2D eigenvalue weighted by atomic mass is 16.6. The zero-order chi connectivity index (χ0) is 13.7. The van der Waals surface area contributed by atoms with E-state index in [1.807, 2.05) is 0 Å². The van der Waals surface area contributed by atoms with Crippen molar-refractivity contribution in [2.75, 3.05) is 25.6 Å². The Morgan fingerprint density at radius 3 is 2.89 bits per heavy atom. The summed E-state index contributed by atoms with van der Waals surface area (Å²) < 4.78 is 9.53. The van der Waals surface area contributed by atoms with Gasteiger partial charge in [-0.25, -0.2) is 4.63 Å². The second-order valence-electron chi connectivity index (χ2n) is 3.98. The summed E-state index contributed by atoms with van der Waals surface area (Å²) in [5.41, 5.74) is 1.10. The molecule has 0 unspecified atom stereocenters. The third-order valence-electron chi connectivity index (χ3n) is 2.68. The van der Waals surface area contributed by atoms with Crippen molar-refractivity contribution < 1.29 is 14.3 Å². The number of fused-ring (bicyclic) bond motifs is 1. The molecule has 2 rings (SSSR count). The van der Waals surface area contributed by atoms with Crippen molar-refractivity contribution in [1.82, 2.24) is 10.3 Å². The Morgan fingerprint density at radius 2 is 2.16 bits per heavy atom. The van der Waals surface area contributed by atoms with E-state index in [0.717, 1.165) is 19.4 Å². The van der Waals surface area contributed by atoms with Gasteiger partial charge in [0.1, 0.15) is 0 Å². The van der Waals surface area contributed by atoms with Crippen molar-refractivity contribution >= 4 is 22.4 Å². The number of hydrogen-bond donors (Lipinski definition) is 1. The van der Waals surface area contributed by atoms with Gasteiger partial charge in [0.25, 0.3) is 0 Å². The lowest BCUT2D eigenvalue weighted by molar-refractivity contribution is -0.383. The molecule has 1 aromatic heterocycles. The number of nitro groups is 1. The van der Waals surface area contributed by atoms with Crippen LogP contribution >= 0.6 is 0 Å². The minimum atomic E-state index is -0.505. The van der Waals surface area contributed by atoms with Crippen LogP contribution in [0.1, 0.15) is 12.8 Å². The zero-order valence-corrected chi connectivity index (χ0v) is 10.5. The molecule has 0 radical (unpaired) electrons. The van der Waals surface area contributed by atoms with Gasteiger partial charge in [0.2, 0.25) is 5.52 Å². The number of methoxy groups -OCH3 is 1. The molecule has 8 nitrogen and oxygen atoms in total. The van der Waals surface area contributed by atoms with Gasteiger partial charge < -0.3 is 10.1 Å². The lowest BCUT2D eigenvalue weighted by atomic mass is 10.2. The molecule has 0 fully saturated rings. The predicted octanol–water partition coefficient (Wildman–Crippen LogP) is 1.97. The molecule has 1 aromatic carbocycles. The highest BCUT2D eigenvalue weighted by Crippen LogP contribution is 2.28. The molecule has 0 atom stereocenters. The van der Waals surface area contributed by atoms with Crippen LogP contribution in [-0.2, 0) is 4.74 Å². The Bertz CT molecular complexity index is 569. The molecular formula is C11H14N4O4. The van der Waals surface area contributed by atoms with Crippen LogP contribution in [0.15, 0.2) is 16.8 Å². The molecule has 0 saturated carbocycles. The molecule has 102 valence electrons. The average molecular weight is 266 g/mol. The van der Waals surface area contributed by atoms with E-state index in [4.69, 9.17) is 4.74 Å². The van der Waals surface area contributed by atoms with Gasteiger partial charge in [0.05, 0.1) is 10.6 Å². The zero-order valence-electron chi connectivity index (χ0n) is 10.5. The molecule has 0 aliphatic heterocycles. The maximum Gasteiger partial charge on any atom is 0.300 e. The molecular weight excluding hydrogens is 252 g/mol. The molecule has 0 aliphatic carbocycles. The fourth-order valence-corrected chi connectivity index (χ4v) is 1.74. The summed E-state index contributed by atoms with van der Waals surface area (Å²) in [5.74, 6) is 0. The molecule has 0 saturated heterocycles. The summed E-state index contributed by atoms with van der Waals surface area (Å²) in [6, 6.07) is 3.00. The van der Waals surface area contributed by atoms with Crippen LogP contribution in [-0.4, -0.2) is 35.5 Å². The minimum Gasteiger partial charge on any atom is -0.385 e. The van der Waals surface area contributed by atoms with Crippen molar-refractivity contribution in [2.45, 2.75) is 12.8 Å². The van der Waals surface area contributed by atoms with E-state index in [1.165, 1.54) is 6.07 Å². The quantitative estimate of drug-likeness (QED) is 0.464. The number of benzene rings is 1. The number of ether oxygens (including phenoxy) is 1. The summed E-state index contributed by atoms with van der Waals surface area (Å²) in [5, 5.41) is 21.2. The van der Waals surface area contributed by atoms with Gasteiger partial charge in [0.15, 0.2) is 5.52 Å². The topological polar surface area (TPSA) is 103 Å². The number of rotatable bonds is 7. The minimum absolute atomic E-state index is 0.110. The van der Waals surface area contributed by atoms with Crippen LogP contribution in [0.5, 0.6) is 0 Å². The molecule has 0 aliphatic rings. The number of aromatic nitrogens is 2. The van der Waals surface area contributed by atoms with Gasteiger partial charge in [-0.2, -0.15) is 0 Å². The third kappa shape index (κ3) is 2.97. The van der Waals surface area contributed by atoms with Crippen molar-refractivity contribution in [1.29, 1.82) is 0 Å². The first kappa shape index (κ1) is 13.2. The lowest BCUT2D eigenvalue weighted by Gasteiger charge is -2.05. The summed E-state index contributed by atoms with van der Waals surface area (Å²) >= 11 is 0. The smallest absolute Gasteiger partial charge is 0.300 e. The van der Waals surface area contributed by atoms with Crippen molar-refractivity contribution in [3.8, 4) is 0 Å². The normalized spacial score (nSPS) is 10.8. The van der Waals surface area contributed by atoms with Gasteiger partial charge in [-0.15, -0.1) is 0 Å². The summed E-state index contributed by atoms with van der Waals surface area (Å²) in [7, 11) is 1.66. The average Bonchev–Trinajstić information content (AvgIpc) is 2.87. The second-order valence-corrected chi connectivity index (χ2v) is 3.98. The Hall–Kier alpha value is -2.22. The van der Waals surface area contributed by atoms with Gasteiger partial charge in [0, 0.05) is 26.3 Å². The molecule has 0 bridgehead atoms. The largest absolute Gasteiger partial charge is 0.385 e. The van der Waals surface area contributed by atoms with Crippen LogP contribution < -0.4 is 5.32 Å². The van der Waals surface area contributed by atoms with E-state index in [1.54, 1.807) is 13.2 Å². The van der Waals surface area contributed by atoms with E-state index in [0.29, 0.717) is 17.8 Å².